The zero-order valence-corrected chi connectivity index (χ0v) is 11.8. The van der Waals surface area contributed by atoms with E-state index in [1.807, 2.05) is 0 Å². The Kier molecular flexibility index (Phi) is 4.52. The number of rotatable bonds is 6. The Hall–Kier alpha value is -2.15. The number of aromatic nitrogens is 1. The Bertz CT molecular complexity index is 611. The van der Waals surface area contributed by atoms with E-state index in [0.29, 0.717) is 28.0 Å². The maximum Gasteiger partial charge on any atom is 0.371 e. The monoisotopic (exact) mass is 295 g/mol. The number of hydrogen-bond acceptors (Lipinski definition) is 6. The number of thioether (sulfide) groups is 1. The number of furan rings is 1. The van der Waals surface area contributed by atoms with Gasteiger partial charge in [-0.2, -0.15) is 0 Å². The van der Waals surface area contributed by atoms with Gasteiger partial charge in [0.2, 0.25) is 5.76 Å². The molecule has 0 saturated carbocycles. The zero-order valence-electron chi connectivity index (χ0n) is 11.0. The number of aromatic carboxylic acids is 1. The Morgan fingerprint density at radius 3 is 2.75 bits per heavy atom. The largest absolute Gasteiger partial charge is 0.493 e. The van der Waals surface area contributed by atoms with Gasteiger partial charge in [0, 0.05) is 18.0 Å². The van der Waals surface area contributed by atoms with E-state index in [2.05, 4.69) is 4.98 Å². The molecule has 0 fully saturated rings. The molecular formula is C13H13NO5S. The van der Waals surface area contributed by atoms with Crippen LogP contribution in [0.3, 0.4) is 0 Å². The number of methoxy groups -OCH3 is 2. The Labute approximate surface area is 119 Å². The van der Waals surface area contributed by atoms with Gasteiger partial charge in [-0.25, -0.2) is 4.79 Å². The van der Waals surface area contributed by atoms with Crippen LogP contribution in [0.25, 0.3) is 0 Å². The summed E-state index contributed by atoms with van der Waals surface area (Å²) in [7, 11) is 3.10. The second kappa shape index (κ2) is 6.33. The lowest BCUT2D eigenvalue weighted by Gasteiger charge is -2.10. The Balaban J connectivity index is 2.12. The second-order valence-electron chi connectivity index (χ2n) is 3.71. The van der Waals surface area contributed by atoms with E-state index in [1.54, 1.807) is 32.5 Å². The first-order valence-electron chi connectivity index (χ1n) is 5.67. The third-order valence-corrected chi connectivity index (χ3v) is 3.43. The van der Waals surface area contributed by atoms with Crippen molar-refractivity contribution in [3.8, 4) is 11.5 Å². The third kappa shape index (κ3) is 3.05. The van der Waals surface area contributed by atoms with Crippen molar-refractivity contribution in [2.24, 2.45) is 0 Å². The summed E-state index contributed by atoms with van der Waals surface area (Å²) in [5, 5.41) is 9.29. The third-order valence-electron chi connectivity index (χ3n) is 2.51. The number of ether oxygens (including phenoxy) is 2. The summed E-state index contributed by atoms with van der Waals surface area (Å²) in [6, 6.07) is 4.74. The smallest absolute Gasteiger partial charge is 0.371 e. The fraction of sp³-hybridized carbons (Fsp3) is 0.231. The molecule has 2 heterocycles. The minimum Gasteiger partial charge on any atom is -0.493 e. The summed E-state index contributed by atoms with van der Waals surface area (Å²) in [6.45, 7) is 0. The molecule has 0 aromatic carbocycles. The predicted octanol–water partition coefficient (Wildman–Crippen LogP) is 2.68. The van der Waals surface area contributed by atoms with Gasteiger partial charge in [0.1, 0.15) is 0 Å². The average molecular weight is 295 g/mol. The number of carboxylic acid groups (broad SMARTS) is 1. The van der Waals surface area contributed by atoms with Gasteiger partial charge >= 0.3 is 5.97 Å². The molecule has 2 aromatic heterocycles. The molecule has 0 aliphatic carbocycles. The van der Waals surface area contributed by atoms with Crippen molar-refractivity contribution in [1.82, 2.24) is 4.98 Å². The lowest BCUT2D eigenvalue weighted by Crippen LogP contribution is -1.97. The van der Waals surface area contributed by atoms with Gasteiger partial charge in [-0.1, -0.05) is 11.8 Å². The van der Waals surface area contributed by atoms with Crippen LogP contribution in [0.5, 0.6) is 11.5 Å². The minimum atomic E-state index is -1.09. The number of carboxylic acids is 1. The Morgan fingerprint density at radius 1 is 1.35 bits per heavy atom. The van der Waals surface area contributed by atoms with Crippen LogP contribution in [0.1, 0.15) is 16.2 Å². The molecule has 106 valence electrons. The highest BCUT2D eigenvalue weighted by molar-refractivity contribution is 7.98. The van der Waals surface area contributed by atoms with E-state index in [4.69, 9.17) is 19.0 Å². The van der Waals surface area contributed by atoms with Gasteiger partial charge in [0.05, 0.1) is 19.9 Å². The first-order chi connectivity index (χ1) is 9.65. The van der Waals surface area contributed by atoms with E-state index in [-0.39, 0.29) is 5.76 Å². The molecule has 2 aromatic rings. The van der Waals surface area contributed by atoms with Crippen LogP contribution in [0, 0.1) is 0 Å². The van der Waals surface area contributed by atoms with Crippen molar-refractivity contribution in [1.29, 1.82) is 0 Å². The van der Waals surface area contributed by atoms with Gasteiger partial charge in [-0.05, 0) is 12.1 Å². The molecule has 0 unspecified atom stereocenters. The van der Waals surface area contributed by atoms with E-state index in [9.17, 15) is 4.79 Å². The van der Waals surface area contributed by atoms with Crippen molar-refractivity contribution in [3.63, 3.8) is 0 Å². The van der Waals surface area contributed by atoms with Crippen LogP contribution >= 0.6 is 11.8 Å². The number of hydrogen-bond donors (Lipinski definition) is 1. The highest BCUT2D eigenvalue weighted by Gasteiger charge is 2.13. The lowest BCUT2D eigenvalue weighted by molar-refractivity contribution is 0.0656. The minimum absolute atomic E-state index is 0.0851. The van der Waals surface area contributed by atoms with Crippen LogP contribution in [0.2, 0.25) is 0 Å². The molecule has 0 atom stereocenters. The maximum absolute atomic E-state index is 10.7. The molecule has 0 aliphatic rings. The van der Waals surface area contributed by atoms with Crippen molar-refractivity contribution in [3.05, 3.63) is 35.9 Å². The predicted molar refractivity (Wildman–Crippen MR) is 72.6 cm³/mol. The molecule has 0 bridgehead atoms. The first kappa shape index (κ1) is 14.3. The van der Waals surface area contributed by atoms with Crippen LogP contribution in [0.15, 0.2) is 33.9 Å². The summed E-state index contributed by atoms with van der Waals surface area (Å²) in [5.74, 6) is 0.468. The van der Waals surface area contributed by atoms with Gasteiger partial charge in [-0.15, -0.1) is 0 Å². The average Bonchev–Trinajstić information content (AvgIpc) is 2.93. The molecule has 0 radical (unpaired) electrons. The SMILES string of the molecule is COc1ccnc(CSc2ccc(C(=O)O)o2)c1OC. The van der Waals surface area contributed by atoms with Crippen LogP contribution < -0.4 is 9.47 Å². The number of pyridine rings is 1. The normalized spacial score (nSPS) is 10.3. The summed E-state index contributed by atoms with van der Waals surface area (Å²) in [5.41, 5.74) is 0.699. The number of nitrogens with zero attached hydrogens (tertiary/aromatic N) is 1. The van der Waals surface area contributed by atoms with Gasteiger partial charge in [-0.3, -0.25) is 4.98 Å². The Morgan fingerprint density at radius 2 is 2.15 bits per heavy atom. The van der Waals surface area contributed by atoms with Gasteiger partial charge in [0.15, 0.2) is 16.6 Å². The number of carbonyl (C=O) groups is 1. The van der Waals surface area contributed by atoms with E-state index in [0.717, 1.165) is 0 Å². The van der Waals surface area contributed by atoms with Gasteiger partial charge < -0.3 is 19.0 Å². The van der Waals surface area contributed by atoms with Crippen molar-refractivity contribution in [2.45, 2.75) is 10.8 Å². The quantitative estimate of drug-likeness (QED) is 0.820. The fourth-order valence-corrected chi connectivity index (χ4v) is 2.40. The van der Waals surface area contributed by atoms with Crippen molar-refractivity contribution in [2.75, 3.05) is 14.2 Å². The van der Waals surface area contributed by atoms with Crippen molar-refractivity contribution < 1.29 is 23.8 Å². The summed E-state index contributed by atoms with van der Waals surface area (Å²) in [6.07, 6.45) is 1.63. The molecular weight excluding hydrogens is 282 g/mol. The fourth-order valence-electron chi connectivity index (χ4n) is 1.61. The zero-order chi connectivity index (χ0) is 14.5. The van der Waals surface area contributed by atoms with Crippen LogP contribution in [0.4, 0.5) is 0 Å². The summed E-state index contributed by atoms with van der Waals surface area (Å²) >= 11 is 1.33. The molecule has 7 heteroatoms. The first-order valence-corrected chi connectivity index (χ1v) is 6.66. The molecule has 1 N–H and O–H groups in total. The molecule has 0 spiro atoms. The lowest BCUT2D eigenvalue weighted by atomic mass is 10.3. The van der Waals surface area contributed by atoms with E-state index < -0.39 is 5.97 Å². The van der Waals surface area contributed by atoms with Crippen LogP contribution in [-0.4, -0.2) is 30.3 Å². The molecule has 2 rings (SSSR count). The molecule has 20 heavy (non-hydrogen) atoms. The molecule has 0 amide bonds. The van der Waals surface area contributed by atoms with Crippen molar-refractivity contribution >= 4 is 17.7 Å². The second-order valence-corrected chi connectivity index (χ2v) is 4.69. The standard InChI is InChI=1S/C13H13NO5S/c1-17-9-5-6-14-8(12(9)18-2)7-20-11-4-3-10(19-11)13(15)16/h3-6H,7H2,1-2H3,(H,15,16). The topological polar surface area (TPSA) is 81.8 Å². The summed E-state index contributed by atoms with van der Waals surface area (Å²) in [4.78, 5) is 15.0. The van der Waals surface area contributed by atoms with Gasteiger partial charge in [0.25, 0.3) is 0 Å². The van der Waals surface area contributed by atoms with Crippen LogP contribution in [-0.2, 0) is 5.75 Å². The summed E-state index contributed by atoms with van der Waals surface area (Å²) < 4.78 is 15.6. The van der Waals surface area contributed by atoms with E-state index >= 15 is 0 Å². The van der Waals surface area contributed by atoms with E-state index in [1.165, 1.54) is 17.8 Å². The highest BCUT2D eigenvalue weighted by atomic mass is 32.2. The highest BCUT2D eigenvalue weighted by Crippen LogP contribution is 2.33. The molecule has 0 saturated heterocycles. The maximum atomic E-state index is 10.7. The molecule has 6 nitrogen and oxygen atoms in total. The molecule has 0 aliphatic heterocycles.